The number of fused-ring (bicyclic) bond motifs is 1. The number of nitrogens with zero attached hydrogens (tertiary/aromatic N) is 1. The molecular formula is C23H19N3O5. The summed E-state index contributed by atoms with van der Waals surface area (Å²) in [5.41, 5.74) is 4.32. The molecule has 0 spiro atoms. The molecule has 3 aromatic rings. The number of carbonyl (C=O) groups excluding carboxylic acids is 2. The minimum atomic E-state index is -0.456. The Morgan fingerprint density at radius 1 is 0.968 bits per heavy atom. The van der Waals surface area contributed by atoms with Crippen LogP contribution in [0.3, 0.4) is 0 Å². The summed E-state index contributed by atoms with van der Waals surface area (Å²) >= 11 is 0. The zero-order chi connectivity index (χ0) is 21.6. The monoisotopic (exact) mass is 417 g/mol. The summed E-state index contributed by atoms with van der Waals surface area (Å²) in [5.74, 6) is 1.15. The Kier molecular flexibility index (Phi) is 5.79. The van der Waals surface area contributed by atoms with Crippen LogP contribution in [0.5, 0.6) is 17.2 Å². The van der Waals surface area contributed by atoms with Crippen LogP contribution in [0.25, 0.3) is 0 Å². The lowest BCUT2D eigenvalue weighted by molar-refractivity contribution is 0.0956. The standard InChI is InChI=1S/C23H19N3O5/c1-29-17-9-7-16(8-10-17)22(27)25-19-5-3-2-4-18(19)23(28)26-24-13-15-6-11-20-21(12-15)31-14-30-20/h2-13H,14H2,1H3,(H,25,27)(H,26,28)/b24-13-. The molecule has 3 aromatic carbocycles. The molecule has 0 saturated heterocycles. The Morgan fingerprint density at radius 3 is 2.55 bits per heavy atom. The van der Waals surface area contributed by atoms with E-state index in [-0.39, 0.29) is 18.3 Å². The fourth-order valence-corrected chi connectivity index (χ4v) is 2.95. The van der Waals surface area contributed by atoms with Crippen LogP contribution in [0, 0.1) is 0 Å². The Balaban J connectivity index is 1.43. The van der Waals surface area contributed by atoms with Crippen LogP contribution in [0.4, 0.5) is 5.69 Å². The highest BCUT2D eigenvalue weighted by atomic mass is 16.7. The largest absolute Gasteiger partial charge is 0.497 e. The molecule has 31 heavy (non-hydrogen) atoms. The number of nitrogens with one attached hydrogen (secondary N) is 2. The lowest BCUT2D eigenvalue weighted by atomic mass is 10.1. The second-order valence-corrected chi connectivity index (χ2v) is 6.54. The number of methoxy groups -OCH3 is 1. The second-order valence-electron chi connectivity index (χ2n) is 6.54. The molecule has 156 valence electrons. The highest BCUT2D eigenvalue weighted by Crippen LogP contribution is 2.32. The molecule has 0 radical (unpaired) electrons. The van der Waals surface area contributed by atoms with E-state index in [4.69, 9.17) is 14.2 Å². The first-order chi connectivity index (χ1) is 15.1. The zero-order valence-corrected chi connectivity index (χ0v) is 16.6. The van der Waals surface area contributed by atoms with E-state index < -0.39 is 5.91 Å². The summed E-state index contributed by atoms with van der Waals surface area (Å²) in [6.07, 6.45) is 1.50. The van der Waals surface area contributed by atoms with Crippen molar-refractivity contribution >= 4 is 23.7 Å². The first kappa shape index (κ1) is 20.0. The maximum Gasteiger partial charge on any atom is 0.273 e. The molecule has 2 amide bonds. The van der Waals surface area contributed by atoms with E-state index in [1.807, 2.05) is 0 Å². The molecule has 1 heterocycles. The summed E-state index contributed by atoms with van der Waals surface area (Å²) in [4.78, 5) is 25.2. The van der Waals surface area contributed by atoms with Crippen molar-refractivity contribution in [2.75, 3.05) is 19.2 Å². The molecule has 4 rings (SSSR count). The first-order valence-corrected chi connectivity index (χ1v) is 9.41. The van der Waals surface area contributed by atoms with Gasteiger partial charge in [0.1, 0.15) is 5.75 Å². The molecule has 0 fully saturated rings. The van der Waals surface area contributed by atoms with Gasteiger partial charge in [0.05, 0.1) is 24.6 Å². The molecule has 2 N–H and O–H groups in total. The predicted octanol–water partition coefficient (Wildman–Crippen LogP) is 3.44. The van der Waals surface area contributed by atoms with Crippen molar-refractivity contribution in [2.24, 2.45) is 5.10 Å². The van der Waals surface area contributed by atoms with E-state index in [9.17, 15) is 9.59 Å². The number of benzene rings is 3. The molecule has 0 unspecified atom stereocenters. The van der Waals surface area contributed by atoms with E-state index in [1.54, 1.807) is 73.8 Å². The highest BCUT2D eigenvalue weighted by molar-refractivity contribution is 6.09. The molecule has 1 aliphatic rings. The van der Waals surface area contributed by atoms with Gasteiger partial charge in [0.2, 0.25) is 6.79 Å². The number of hydrogen-bond acceptors (Lipinski definition) is 6. The van der Waals surface area contributed by atoms with E-state index in [0.29, 0.717) is 28.5 Å². The summed E-state index contributed by atoms with van der Waals surface area (Å²) in [5, 5.41) is 6.75. The normalized spacial score (nSPS) is 11.9. The van der Waals surface area contributed by atoms with E-state index in [0.717, 1.165) is 5.56 Å². The Labute approximate surface area is 178 Å². The number of hydrazone groups is 1. The summed E-state index contributed by atoms with van der Waals surface area (Å²) < 4.78 is 15.7. The average molecular weight is 417 g/mol. The zero-order valence-electron chi connectivity index (χ0n) is 16.6. The fraction of sp³-hybridized carbons (Fsp3) is 0.0870. The molecule has 1 aliphatic heterocycles. The van der Waals surface area contributed by atoms with Crippen LogP contribution >= 0.6 is 0 Å². The first-order valence-electron chi connectivity index (χ1n) is 9.41. The van der Waals surface area contributed by atoms with Crippen molar-refractivity contribution in [3.63, 3.8) is 0 Å². The maximum atomic E-state index is 12.6. The van der Waals surface area contributed by atoms with Gasteiger partial charge in [-0.1, -0.05) is 12.1 Å². The lowest BCUT2D eigenvalue weighted by Gasteiger charge is -2.10. The van der Waals surface area contributed by atoms with Crippen LogP contribution < -0.4 is 25.0 Å². The van der Waals surface area contributed by atoms with Crippen molar-refractivity contribution in [2.45, 2.75) is 0 Å². The minimum absolute atomic E-state index is 0.186. The molecule has 0 atom stereocenters. The smallest absolute Gasteiger partial charge is 0.273 e. The van der Waals surface area contributed by atoms with Crippen molar-refractivity contribution < 1.29 is 23.8 Å². The number of rotatable bonds is 6. The van der Waals surface area contributed by atoms with Crippen molar-refractivity contribution in [3.8, 4) is 17.2 Å². The van der Waals surface area contributed by atoms with Crippen LogP contribution in [-0.2, 0) is 0 Å². The topological polar surface area (TPSA) is 98.2 Å². The number of amides is 2. The second kappa shape index (κ2) is 9.00. The summed E-state index contributed by atoms with van der Waals surface area (Å²) in [7, 11) is 1.55. The molecule has 8 heteroatoms. The van der Waals surface area contributed by atoms with Gasteiger partial charge in [-0.15, -0.1) is 0 Å². The van der Waals surface area contributed by atoms with Crippen LogP contribution in [0.2, 0.25) is 0 Å². The van der Waals surface area contributed by atoms with Gasteiger partial charge in [-0.3, -0.25) is 9.59 Å². The number of para-hydroxylation sites is 1. The highest BCUT2D eigenvalue weighted by Gasteiger charge is 2.15. The molecule has 0 aliphatic carbocycles. The van der Waals surface area contributed by atoms with Gasteiger partial charge in [0, 0.05) is 5.56 Å². The van der Waals surface area contributed by atoms with Crippen molar-refractivity contribution in [1.29, 1.82) is 0 Å². The lowest BCUT2D eigenvalue weighted by Crippen LogP contribution is -2.21. The number of hydrogen-bond donors (Lipinski definition) is 2. The molecular weight excluding hydrogens is 398 g/mol. The van der Waals surface area contributed by atoms with Crippen LogP contribution in [-0.4, -0.2) is 31.9 Å². The van der Waals surface area contributed by atoms with Gasteiger partial charge in [-0.05, 0) is 60.2 Å². The number of carbonyl (C=O) groups is 2. The summed E-state index contributed by atoms with van der Waals surface area (Å²) in [6, 6.07) is 18.7. The Bertz CT molecular complexity index is 1140. The van der Waals surface area contributed by atoms with Crippen LogP contribution in [0.15, 0.2) is 71.8 Å². The molecule has 0 saturated carbocycles. The van der Waals surface area contributed by atoms with Gasteiger partial charge >= 0.3 is 0 Å². The van der Waals surface area contributed by atoms with Gasteiger partial charge in [-0.2, -0.15) is 5.10 Å². The maximum absolute atomic E-state index is 12.6. The SMILES string of the molecule is COc1ccc(C(=O)Nc2ccccc2C(=O)N/N=C\c2ccc3c(c2)OCO3)cc1. The van der Waals surface area contributed by atoms with Crippen molar-refractivity contribution in [1.82, 2.24) is 5.43 Å². The fourth-order valence-electron chi connectivity index (χ4n) is 2.95. The van der Waals surface area contributed by atoms with E-state index in [2.05, 4.69) is 15.8 Å². The van der Waals surface area contributed by atoms with Gasteiger partial charge in [0.25, 0.3) is 11.8 Å². The Hall–Kier alpha value is -4.33. The Morgan fingerprint density at radius 2 is 1.74 bits per heavy atom. The third-order valence-electron chi connectivity index (χ3n) is 4.55. The molecule has 0 aromatic heterocycles. The van der Waals surface area contributed by atoms with Gasteiger partial charge in [-0.25, -0.2) is 5.43 Å². The molecule has 8 nitrogen and oxygen atoms in total. The minimum Gasteiger partial charge on any atom is -0.497 e. The quantitative estimate of drug-likeness (QED) is 0.473. The molecule has 0 bridgehead atoms. The van der Waals surface area contributed by atoms with Gasteiger partial charge < -0.3 is 19.5 Å². The van der Waals surface area contributed by atoms with E-state index >= 15 is 0 Å². The third kappa shape index (κ3) is 4.64. The predicted molar refractivity (Wildman–Crippen MR) is 115 cm³/mol. The van der Waals surface area contributed by atoms with E-state index in [1.165, 1.54) is 6.21 Å². The van der Waals surface area contributed by atoms with Crippen molar-refractivity contribution in [3.05, 3.63) is 83.4 Å². The van der Waals surface area contributed by atoms with Crippen LogP contribution in [0.1, 0.15) is 26.3 Å². The number of ether oxygens (including phenoxy) is 3. The van der Waals surface area contributed by atoms with Gasteiger partial charge in [0.15, 0.2) is 11.5 Å². The number of anilines is 1. The summed E-state index contributed by atoms with van der Waals surface area (Å²) in [6.45, 7) is 0.186. The average Bonchev–Trinajstić information content (AvgIpc) is 3.27. The third-order valence-corrected chi connectivity index (χ3v) is 4.55.